The Morgan fingerprint density at radius 3 is 2.06 bits per heavy atom. The van der Waals surface area contributed by atoms with E-state index >= 15 is 0 Å². The number of aliphatic hydroxyl groups excluding tert-OH is 1. The third-order valence-corrected chi connectivity index (χ3v) is 2.03. The van der Waals surface area contributed by atoms with Gasteiger partial charge in [0.05, 0.1) is 6.10 Å². The molecule has 0 aliphatic carbocycles. The van der Waals surface area contributed by atoms with E-state index in [0.717, 1.165) is 0 Å². The number of nitrogens with one attached hydrogen (secondary N) is 1. The molecule has 0 fully saturated rings. The zero-order chi connectivity index (χ0) is 11.4. The van der Waals surface area contributed by atoms with Crippen molar-refractivity contribution in [3.63, 3.8) is 0 Å². The Bertz CT molecular complexity index is 311. The molecular weight excluding hydrogens is 217 g/mol. The van der Waals surface area contributed by atoms with Crippen molar-refractivity contribution in [2.75, 3.05) is 6.54 Å². The van der Waals surface area contributed by atoms with E-state index in [9.17, 15) is 15.3 Å². The molecule has 0 radical (unpaired) electrons. The Hall–Kier alpha value is -0.260. The average Bonchev–Trinajstić information content (AvgIpc) is 2.12. The molecule has 0 saturated carbocycles. The Morgan fingerprint density at radius 1 is 1.12 bits per heavy atom. The number of hydrogen-bond acceptors (Lipinski definition) is 4. The molecule has 4 N–H and O–H groups in total. The van der Waals surface area contributed by atoms with Gasteiger partial charge in [-0.1, -0.05) is 13.8 Å². The van der Waals surface area contributed by atoms with Gasteiger partial charge in [-0.3, -0.25) is 0 Å². The molecule has 16 heavy (non-hydrogen) atoms. The first-order chi connectivity index (χ1) is 6.99. The quantitative estimate of drug-likeness (QED) is 0.573. The van der Waals surface area contributed by atoms with Gasteiger partial charge in [0.1, 0.15) is 11.5 Å². The first-order valence-corrected chi connectivity index (χ1v) is 4.93. The molecule has 4 nitrogen and oxygen atoms in total. The van der Waals surface area contributed by atoms with Gasteiger partial charge in [0, 0.05) is 18.7 Å². The van der Waals surface area contributed by atoms with Crippen LogP contribution in [0, 0.1) is 0 Å². The van der Waals surface area contributed by atoms with Gasteiger partial charge in [-0.15, -0.1) is 0 Å². The summed E-state index contributed by atoms with van der Waals surface area (Å²) in [6.45, 7) is 4.35. The molecule has 0 bridgehead atoms. The van der Waals surface area contributed by atoms with E-state index in [-0.39, 0.29) is 47.1 Å². The van der Waals surface area contributed by atoms with Crippen LogP contribution in [0.2, 0.25) is 0 Å². The summed E-state index contributed by atoms with van der Waals surface area (Å²) < 4.78 is 0. The van der Waals surface area contributed by atoms with Gasteiger partial charge < -0.3 is 20.6 Å². The van der Waals surface area contributed by atoms with Crippen LogP contribution in [0.3, 0.4) is 0 Å². The van der Waals surface area contributed by atoms with Crippen LogP contribution in [0.4, 0.5) is 0 Å². The summed E-state index contributed by atoms with van der Waals surface area (Å²) >= 11 is 0. The van der Waals surface area contributed by atoms with E-state index < -0.39 is 6.10 Å². The predicted molar refractivity (Wildman–Crippen MR) is 65.0 cm³/mol. The summed E-state index contributed by atoms with van der Waals surface area (Å²) in [4.78, 5) is 0. The zero-order valence-electron chi connectivity index (χ0n) is 8.94. The number of hydrogen-bond donors (Lipinski definition) is 4. The van der Waals surface area contributed by atoms with Crippen LogP contribution in [0.15, 0.2) is 18.2 Å². The molecule has 0 aromatic heterocycles. The number of benzene rings is 1. The predicted octanol–water partition coefficient (Wildman–Crippen LogP) is 0.481. The zero-order valence-corrected chi connectivity index (χ0v) is 8.94. The molecule has 0 saturated heterocycles. The Labute approximate surface area is 118 Å². The van der Waals surface area contributed by atoms with Crippen molar-refractivity contribution >= 4 is 29.6 Å². The van der Waals surface area contributed by atoms with Gasteiger partial charge in [0.25, 0.3) is 0 Å². The van der Waals surface area contributed by atoms with Crippen molar-refractivity contribution < 1.29 is 15.3 Å². The molecule has 0 spiro atoms. The number of rotatable bonds is 4. The van der Waals surface area contributed by atoms with Crippen molar-refractivity contribution in [2.24, 2.45) is 0 Å². The van der Waals surface area contributed by atoms with Crippen LogP contribution in [0.5, 0.6) is 11.5 Å². The normalized spacial score (nSPS) is 12.2. The molecule has 1 aromatic rings. The molecule has 1 atom stereocenters. The molecule has 1 unspecified atom stereocenters. The van der Waals surface area contributed by atoms with Crippen LogP contribution in [-0.2, 0) is 0 Å². The minimum atomic E-state index is -0.731. The number of aromatic hydroxyl groups is 2. The monoisotopic (exact) mass is 235 g/mol. The number of phenols is 2. The van der Waals surface area contributed by atoms with Crippen LogP contribution >= 0.6 is 0 Å². The molecule has 1 rings (SSSR count). The second-order valence-corrected chi connectivity index (χ2v) is 3.86. The molecule has 0 amide bonds. The fourth-order valence-electron chi connectivity index (χ4n) is 1.28. The second kappa shape index (κ2) is 7.14. The van der Waals surface area contributed by atoms with E-state index in [1.54, 1.807) is 0 Å². The molecule has 1 aromatic carbocycles. The topological polar surface area (TPSA) is 72.7 Å². The van der Waals surface area contributed by atoms with Crippen molar-refractivity contribution in [3.8, 4) is 11.5 Å². The van der Waals surface area contributed by atoms with Crippen LogP contribution in [0.25, 0.3) is 0 Å². The number of phenolic OH excluding ortho intramolecular Hbond substituents is 2. The number of aliphatic hydroxyl groups is 1. The summed E-state index contributed by atoms with van der Waals surface area (Å²) in [6, 6.07) is 4.38. The van der Waals surface area contributed by atoms with Crippen LogP contribution < -0.4 is 5.32 Å². The van der Waals surface area contributed by atoms with Crippen molar-refractivity contribution in [3.05, 3.63) is 23.8 Å². The van der Waals surface area contributed by atoms with Gasteiger partial charge in [-0.05, 0) is 17.7 Å². The molecular formula is C11H18NNaO3. The summed E-state index contributed by atoms with van der Waals surface area (Å²) in [6.07, 6.45) is -0.731. The Balaban J connectivity index is 0.00000225. The van der Waals surface area contributed by atoms with Gasteiger partial charge >= 0.3 is 29.6 Å². The van der Waals surface area contributed by atoms with E-state index in [4.69, 9.17) is 0 Å². The standard InChI is InChI=1S/C11H17NO3.Na.H/c1-7(2)12-6-11(15)8-3-9(13)5-10(14)4-8;;/h3-5,7,11-15H,6H2,1-2H3;;. The van der Waals surface area contributed by atoms with Crippen molar-refractivity contribution in [1.29, 1.82) is 0 Å². The van der Waals surface area contributed by atoms with E-state index in [1.165, 1.54) is 18.2 Å². The summed E-state index contributed by atoms with van der Waals surface area (Å²) in [5, 5.41) is 31.3. The molecule has 0 aliphatic heterocycles. The average molecular weight is 235 g/mol. The van der Waals surface area contributed by atoms with Gasteiger partial charge in [-0.25, -0.2) is 0 Å². The molecule has 0 heterocycles. The first kappa shape index (κ1) is 15.7. The summed E-state index contributed by atoms with van der Waals surface area (Å²) in [7, 11) is 0. The summed E-state index contributed by atoms with van der Waals surface area (Å²) in [5.41, 5.74) is 0.501. The third-order valence-electron chi connectivity index (χ3n) is 2.03. The molecule has 86 valence electrons. The van der Waals surface area contributed by atoms with Crippen LogP contribution in [-0.4, -0.2) is 57.5 Å². The molecule has 5 heteroatoms. The second-order valence-electron chi connectivity index (χ2n) is 3.86. The van der Waals surface area contributed by atoms with Crippen LogP contribution in [0.1, 0.15) is 25.5 Å². The van der Waals surface area contributed by atoms with E-state index in [2.05, 4.69) is 5.32 Å². The first-order valence-electron chi connectivity index (χ1n) is 4.93. The van der Waals surface area contributed by atoms with Gasteiger partial charge in [0.2, 0.25) is 0 Å². The van der Waals surface area contributed by atoms with E-state index in [1.807, 2.05) is 13.8 Å². The van der Waals surface area contributed by atoms with E-state index in [0.29, 0.717) is 12.1 Å². The maximum absolute atomic E-state index is 9.73. The van der Waals surface area contributed by atoms with Gasteiger partial charge in [0.15, 0.2) is 0 Å². The SMILES string of the molecule is CC(C)NCC(O)c1cc(O)cc(O)c1.[NaH]. The summed E-state index contributed by atoms with van der Waals surface area (Å²) in [5.74, 6) is -0.0952. The van der Waals surface area contributed by atoms with Gasteiger partial charge in [-0.2, -0.15) is 0 Å². The maximum atomic E-state index is 9.73. The minimum absolute atomic E-state index is 0. The third kappa shape index (κ3) is 5.18. The fourth-order valence-corrected chi connectivity index (χ4v) is 1.28. The molecule has 0 aliphatic rings. The van der Waals surface area contributed by atoms with Crippen molar-refractivity contribution in [2.45, 2.75) is 26.0 Å². The Morgan fingerprint density at radius 2 is 1.62 bits per heavy atom. The van der Waals surface area contributed by atoms with Crippen molar-refractivity contribution in [1.82, 2.24) is 5.32 Å². The Kier molecular flexibility index (Phi) is 7.03. The fraction of sp³-hybridized carbons (Fsp3) is 0.455.